The van der Waals surface area contributed by atoms with Crippen LogP contribution in [-0.4, -0.2) is 34.9 Å². The highest BCUT2D eigenvalue weighted by Gasteiger charge is 2.15. The fraction of sp³-hybridized carbons (Fsp3) is 0. The van der Waals surface area contributed by atoms with Crippen molar-refractivity contribution in [2.24, 2.45) is 0 Å². The van der Waals surface area contributed by atoms with E-state index in [1.54, 1.807) is 12.4 Å². The summed E-state index contributed by atoms with van der Waals surface area (Å²) < 4.78 is 0. The number of hydrogen-bond acceptors (Lipinski definition) is 7. The summed E-state index contributed by atoms with van der Waals surface area (Å²) >= 11 is 0. The molecule has 8 aromatic rings. The minimum Gasteiger partial charge on any atom is -0.255 e. The van der Waals surface area contributed by atoms with Gasteiger partial charge >= 0.3 is 0 Å². The Labute approximate surface area is 277 Å². The lowest BCUT2D eigenvalue weighted by Crippen LogP contribution is -2.01. The second-order valence-electron chi connectivity index (χ2n) is 11.1. The van der Waals surface area contributed by atoms with Gasteiger partial charge in [-0.25, -0.2) is 24.9 Å². The molecule has 7 heteroatoms. The van der Waals surface area contributed by atoms with E-state index in [1.807, 2.05) is 115 Å². The van der Waals surface area contributed by atoms with Gasteiger partial charge in [-0.05, 0) is 53.6 Å². The van der Waals surface area contributed by atoms with Crippen molar-refractivity contribution in [2.75, 3.05) is 0 Å². The summed E-state index contributed by atoms with van der Waals surface area (Å²) in [4.78, 5) is 33.5. The van der Waals surface area contributed by atoms with Gasteiger partial charge in [0, 0.05) is 34.6 Å². The first-order chi connectivity index (χ1) is 23.8. The number of nitrogens with zero attached hydrogens (tertiary/aromatic N) is 7. The van der Waals surface area contributed by atoms with Crippen molar-refractivity contribution >= 4 is 0 Å². The quantitative estimate of drug-likeness (QED) is 0.176. The standard InChI is InChI=1S/C41H27N7/c1-3-13-28(14-4-1)38-44-36(27-37(45-38)34-21-7-9-23-42-34)32-19-11-17-30(25-32)31-18-12-20-33(26-31)40-46-39(29-15-5-2-6-16-29)47-41(48-40)35-22-8-10-24-43-35/h1-27H. The molecule has 0 unspecified atom stereocenters. The van der Waals surface area contributed by atoms with E-state index in [0.717, 1.165) is 50.5 Å². The Bertz CT molecular complexity index is 2050. The van der Waals surface area contributed by atoms with Gasteiger partial charge in [0.25, 0.3) is 0 Å². The third kappa shape index (κ3) is 6.08. The molecule has 48 heavy (non-hydrogen) atoms. The molecule has 7 nitrogen and oxygen atoms in total. The first-order valence-corrected chi connectivity index (χ1v) is 15.6. The van der Waals surface area contributed by atoms with E-state index in [4.69, 9.17) is 24.9 Å². The Hall–Kier alpha value is -6.73. The molecule has 0 spiro atoms. The van der Waals surface area contributed by atoms with Crippen LogP contribution in [0, 0.1) is 0 Å². The maximum Gasteiger partial charge on any atom is 0.182 e. The van der Waals surface area contributed by atoms with Gasteiger partial charge in [-0.15, -0.1) is 0 Å². The summed E-state index contributed by atoms with van der Waals surface area (Å²) in [5.41, 5.74) is 8.82. The molecule has 0 N–H and O–H groups in total. The molecule has 4 aromatic carbocycles. The Balaban J connectivity index is 1.21. The second kappa shape index (κ2) is 12.9. The first-order valence-electron chi connectivity index (χ1n) is 15.6. The highest BCUT2D eigenvalue weighted by Crippen LogP contribution is 2.32. The Morgan fingerprint density at radius 2 is 0.708 bits per heavy atom. The maximum absolute atomic E-state index is 5.00. The van der Waals surface area contributed by atoms with Crippen molar-refractivity contribution < 1.29 is 0 Å². The predicted octanol–water partition coefficient (Wildman–Crippen LogP) is 9.12. The Morgan fingerprint density at radius 3 is 1.33 bits per heavy atom. The minimum absolute atomic E-state index is 0.522. The van der Waals surface area contributed by atoms with Crippen molar-refractivity contribution in [1.29, 1.82) is 0 Å². The molecule has 0 amide bonds. The fourth-order valence-electron chi connectivity index (χ4n) is 5.48. The van der Waals surface area contributed by atoms with Crippen LogP contribution >= 0.6 is 0 Å². The van der Waals surface area contributed by atoms with Gasteiger partial charge in [0.15, 0.2) is 23.3 Å². The number of benzene rings is 4. The third-order valence-electron chi connectivity index (χ3n) is 7.86. The smallest absolute Gasteiger partial charge is 0.182 e. The zero-order valence-electron chi connectivity index (χ0n) is 25.7. The van der Waals surface area contributed by atoms with E-state index < -0.39 is 0 Å². The zero-order chi connectivity index (χ0) is 32.1. The molecule has 0 fully saturated rings. The van der Waals surface area contributed by atoms with Crippen LogP contribution < -0.4 is 0 Å². The monoisotopic (exact) mass is 617 g/mol. The number of rotatable bonds is 7. The van der Waals surface area contributed by atoms with E-state index in [-0.39, 0.29) is 0 Å². The lowest BCUT2D eigenvalue weighted by molar-refractivity contribution is 1.06. The number of aromatic nitrogens is 7. The first kappa shape index (κ1) is 28.7. The number of pyridine rings is 2. The number of hydrogen-bond donors (Lipinski definition) is 0. The molecule has 4 heterocycles. The van der Waals surface area contributed by atoms with Crippen LogP contribution in [-0.2, 0) is 0 Å². The molecule has 0 aliphatic heterocycles. The molecular weight excluding hydrogens is 591 g/mol. The largest absolute Gasteiger partial charge is 0.255 e. The topological polar surface area (TPSA) is 90.2 Å². The highest BCUT2D eigenvalue weighted by atomic mass is 15.0. The normalized spacial score (nSPS) is 10.9. The molecule has 0 saturated carbocycles. The van der Waals surface area contributed by atoms with Crippen LogP contribution in [0.5, 0.6) is 0 Å². The Morgan fingerprint density at radius 1 is 0.250 bits per heavy atom. The molecule has 0 saturated heterocycles. The van der Waals surface area contributed by atoms with E-state index in [1.165, 1.54) is 0 Å². The van der Waals surface area contributed by atoms with Crippen molar-refractivity contribution in [2.45, 2.75) is 0 Å². The van der Waals surface area contributed by atoms with Gasteiger partial charge in [0.05, 0.1) is 17.1 Å². The van der Waals surface area contributed by atoms with Gasteiger partial charge in [-0.3, -0.25) is 9.97 Å². The molecule has 226 valence electrons. The molecule has 0 aliphatic rings. The predicted molar refractivity (Wildman–Crippen MR) is 189 cm³/mol. The molecule has 0 aliphatic carbocycles. The maximum atomic E-state index is 5.00. The van der Waals surface area contributed by atoms with Crippen molar-refractivity contribution in [1.82, 2.24) is 34.9 Å². The summed E-state index contributed by atoms with van der Waals surface area (Å²) in [7, 11) is 0. The van der Waals surface area contributed by atoms with E-state index >= 15 is 0 Å². The van der Waals surface area contributed by atoms with Gasteiger partial charge in [0.2, 0.25) is 0 Å². The van der Waals surface area contributed by atoms with Crippen LogP contribution in [0.4, 0.5) is 0 Å². The van der Waals surface area contributed by atoms with Gasteiger partial charge in [-0.2, -0.15) is 0 Å². The van der Waals surface area contributed by atoms with Gasteiger partial charge in [0.1, 0.15) is 5.69 Å². The minimum atomic E-state index is 0.522. The summed E-state index contributed by atoms with van der Waals surface area (Å²) in [6.45, 7) is 0. The van der Waals surface area contributed by atoms with Gasteiger partial charge < -0.3 is 0 Å². The lowest BCUT2D eigenvalue weighted by atomic mass is 9.99. The van der Waals surface area contributed by atoms with Crippen LogP contribution in [0.2, 0.25) is 0 Å². The van der Waals surface area contributed by atoms with Crippen molar-refractivity contribution in [3.8, 4) is 79.5 Å². The van der Waals surface area contributed by atoms with Crippen LogP contribution in [0.25, 0.3) is 79.5 Å². The average Bonchev–Trinajstić information content (AvgIpc) is 3.19. The van der Waals surface area contributed by atoms with E-state index in [9.17, 15) is 0 Å². The Kier molecular flexibility index (Phi) is 7.74. The average molecular weight is 618 g/mol. The van der Waals surface area contributed by atoms with E-state index in [2.05, 4.69) is 46.4 Å². The summed E-state index contributed by atoms with van der Waals surface area (Å²) in [6.07, 6.45) is 3.52. The summed E-state index contributed by atoms with van der Waals surface area (Å²) in [6, 6.07) is 50.1. The van der Waals surface area contributed by atoms with Gasteiger partial charge in [-0.1, -0.05) is 109 Å². The van der Waals surface area contributed by atoms with Crippen molar-refractivity contribution in [3.05, 3.63) is 164 Å². The molecule has 8 rings (SSSR count). The molecule has 4 aromatic heterocycles. The zero-order valence-corrected chi connectivity index (χ0v) is 25.7. The second-order valence-corrected chi connectivity index (χ2v) is 11.1. The van der Waals surface area contributed by atoms with Crippen LogP contribution in [0.1, 0.15) is 0 Å². The van der Waals surface area contributed by atoms with Crippen molar-refractivity contribution in [3.63, 3.8) is 0 Å². The van der Waals surface area contributed by atoms with Crippen LogP contribution in [0.15, 0.2) is 164 Å². The summed E-state index contributed by atoms with van der Waals surface area (Å²) in [5, 5.41) is 0. The van der Waals surface area contributed by atoms with E-state index in [0.29, 0.717) is 29.0 Å². The molecular formula is C41H27N7. The molecule has 0 atom stereocenters. The highest BCUT2D eigenvalue weighted by molar-refractivity contribution is 5.77. The SMILES string of the molecule is c1ccc(-c2nc(-c3cccc(-c4cccc(-c5nc(-c6ccccc6)nc(-c6ccccn6)n5)c4)c3)cc(-c3ccccn3)n2)cc1. The fourth-order valence-corrected chi connectivity index (χ4v) is 5.48. The summed E-state index contributed by atoms with van der Waals surface area (Å²) in [5.74, 6) is 2.34. The molecule has 0 radical (unpaired) electrons. The third-order valence-corrected chi connectivity index (χ3v) is 7.86. The van der Waals surface area contributed by atoms with Crippen LogP contribution in [0.3, 0.4) is 0 Å². The lowest BCUT2D eigenvalue weighted by Gasteiger charge is -2.11. The molecule has 0 bridgehead atoms.